The topological polar surface area (TPSA) is 62.6 Å². The van der Waals surface area contributed by atoms with Crippen molar-refractivity contribution in [1.29, 1.82) is 5.26 Å². The van der Waals surface area contributed by atoms with E-state index < -0.39 is 6.10 Å². The van der Waals surface area contributed by atoms with Gasteiger partial charge in [-0.25, -0.2) is 0 Å². The van der Waals surface area contributed by atoms with Crippen molar-refractivity contribution < 1.29 is 14.3 Å². The Morgan fingerprint density at radius 2 is 2.00 bits per heavy atom. The van der Waals surface area contributed by atoms with Crippen molar-refractivity contribution in [3.05, 3.63) is 29.8 Å². The van der Waals surface area contributed by atoms with Crippen LogP contribution in [0.5, 0.6) is 5.75 Å². The van der Waals surface area contributed by atoms with Crippen LogP contribution in [-0.4, -0.2) is 42.7 Å². The van der Waals surface area contributed by atoms with Crippen LogP contribution in [0.15, 0.2) is 24.3 Å². The lowest BCUT2D eigenvalue weighted by atomic mass is 10.1. The number of benzene rings is 1. The summed E-state index contributed by atoms with van der Waals surface area (Å²) in [5.41, 5.74) is 0.573. The predicted molar refractivity (Wildman–Crippen MR) is 82.5 cm³/mol. The third-order valence-corrected chi connectivity index (χ3v) is 3.80. The molecule has 5 heteroatoms. The molecule has 118 valence electrons. The minimum absolute atomic E-state index is 0.000641. The predicted octanol–water partition coefficient (Wildman–Crippen LogP) is 2.35. The Bertz CT molecular complexity index is 528. The minimum Gasteiger partial charge on any atom is -0.481 e. The summed E-state index contributed by atoms with van der Waals surface area (Å²) in [6.07, 6.45) is 1.49. The Kier molecular flexibility index (Phi) is 5.79. The van der Waals surface area contributed by atoms with E-state index in [9.17, 15) is 4.79 Å². The van der Waals surface area contributed by atoms with Crippen molar-refractivity contribution in [1.82, 2.24) is 4.90 Å². The summed E-state index contributed by atoms with van der Waals surface area (Å²) in [7, 11) is 0. The highest BCUT2D eigenvalue weighted by molar-refractivity contribution is 5.81. The van der Waals surface area contributed by atoms with Gasteiger partial charge in [0.25, 0.3) is 5.91 Å². The monoisotopic (exact) mass is 302 g/mol. The summed E-state index contributed by atoms with van der Waals surface area (Å²) < 4.78 is 11.3. The van der Waals surface area contributed by atoms with Gasteiger partial charge in [0.1, 0.15) is 5.75 Å². The van der Waals surface area contributed by atoms with E-state index in [-0.39, 0.29) is 12.0 Å². The number of nitriles is 1. The van der Waals surface area contributed by atoms with E-state index >= 15 is 0 Å². The van der Waals surface area contributed by atoms with Gasteiger partial charge in [0, 0.05) is 19.7 Å². The normalized spacial score (nSPS) is 16.9. The van der Waals surface area contributed by atoms with Gasteiger partial charge in [-0.15, -0.1) is 0 Å². The van der Waals surface area contributed by atoms with Gasteiger partial charge in [-0.3, -0.25) is 4.79 Å². The number of rotatable bonds is 5. The minimum atomic E-state index is -0.531. The molecule has 1 amide bonds. The Morgan fingerprint density at radius 3 is 2.55 bits per heavy atom. The molecule has 22 heavy (non-hydrogen) atoms. The molecule has 0 N–H and O–H groups in total. The first-order valence-electron chi connectivity index (χ1n) is 7.71. The van der Waals surface area contributed by atoms with Gasteiger partial charge >= 0.3 is 0 Å². The fourth-order valence-electron chi connectivity index (χ4n) is 2.60. The Hall–Kier alpha value is -2.06. The zero-order valence-electron chi connectivity index (χ0n) is 13.1. The van der Waals surface area contributed by atoms with Crippen LogP contribution in [0.1, 0.15) is 32.3 Å². The maximum atomic E-state index is 12.4. The van der Waals surface area contributed by atoms with Crippen LogP contribution < -0.4 is 4.74 Å². The summed E-state index contributed by atoms with van der Waals surface area (Å²) in [6, 6.07) is 8.84. The van der Waals surface area contributed by atoms with Crippen molar-refractivity contribution in [3.8, 4) is 11.8 Å². The van der Waals surface area contributed by atoms with Crippen molar-refractivity contribution in [2.45, 2.75) is 38.9 Å². The number of ether oxygens (including phenoxy) is 2. The van der Waals surface area contributed by atoms with E-state index in [0.29, 0.717) is 24.4 Å². The number of nitrogens with zero attached hydrogens (tertiary/aromatic N) is 2. The molecule has 1 saturated heterocycles. The zero-order valence-corrected chi connectivity index (χ0v) is 13.1. The van der Waals surface area contributed by atoms with Gasteiger partial charge in [-0.05, 0) is 51.0 Å². The van der Waals surface area contributed by atoms with Crippen LogP contribution in [0.25, 0.3) is 0 Å². The molecule has 2 rings (SSSR count). The van der Waals surface area contributed by atoms with E-state index in [1.54, 1.807) is 31.2 Å². The molecular weight excluding hydrogens is 280 g/mol. The van der Waals surface area contributed by atoms with Gasteiger partial charge in [0.15, 0.2) is 6.10 Å². The summed E-state index contributed by atoms with van der Waals surface area (Å²) in [5, 5.41) is 8.77. The van der Waals surface area contributed by atoms with E-state index in [1.165, 1.54) is 0 Å². The third kappa shape index (κ3) is 4.22. The summed E-state index contributed by atoms with van der Waals surface area (Å²) in [6.45, 7) is 5.89. The molecule has 0 aromatic heterocycles. The number of likely N-dealkylation sites (tertiary alicyclic amines) is 1. The molecule has 0 saturated carbocycles. The highest BCUT2D eigenvalue weighted by Crippen LogP contribution is 2.17. The Balaban J connectivity index is 1.85. The van der Waals surface area contributed by atoms with Gasteiger partial charge in [-0.2, -0.15) is 5.26 Å². The van der Waals surface area contributed by atoms with Gasteiger partial charge in [0.05, 0.1) is 17.7 Å². The van der Waals surface area contributed by atoms with Gasteiger partial charge < -0.3 is 14.4 Å². The molecule has 0 spiro atoms. The molecule has 0 radical (unpaired) electrons. The molecule has 1 aliphatic heterocycles. The largest absolute Gasteiger partial charge is 0.481 e. The van der Waals surface area contributed by atoms with Crippen LogP contribution in [-0.2, 0) is 9.53 Å². The van der Waals surface area contributed by atoms with Crippen LogP contribution in [0, 0.1) is 11.3 Å². The number of hydrogen-bond donors (Lipinski definition) is 0. The number of carbonyl (C=O) groups is 1. The molecule has 1 atom stereocenters. The smallest absolute Gasteiger partial charge is 0.263 e. The summed E-state index contributed by atoms with van der Waals surface area (Å²) in [4.78, 5) is 14.2. The Labute approximate surface area is 131 Å². The molecule has 1 fully saturated rings. The highest BCUT2D eigenvalue weighted by Gasteiger charge is 2.27. The van der Waals surface area contributed by atoms with E-state index in [0.717, 1.165) is 19.4 Å². The molecule has 1 aliphatic rings. The van der Waals surface area contributed by atoms with Crippen LogP contribution in [0.2, 0.25) is 0 Å². The van der Waals surface area contributed by atoms with E-state index in [1.807, 2.05) is 11.8 Å². The van der Waals surface area contributed by atoms with Crippen LogP contribution in [0.3, 0.4) is 0 Å². The SMILES string of the molecule is CCOC1CCN(C(=O)[C@@H](C)Oc2ccc(C#N)cc2)CC1. The fraction of sp³-hybridized carbons (Fsp3) is 0.529. The number of piperidine rings is 1. The van der Waals surface area contributed by atoms with Crippen molar-refractivity contribution in [2.24, 2.45) is 0 Å². The Morgan fingerprint density at radius 1 is 1.36 bits per heavy atom. The highest BCUT2D eigenvalue weighted by atomic mass is 16.5. The molecular formula is C17H22N2O3. The first-order chi connectivity index (χ1) is 10.6. The van der Waals surface area contributed by atoms with Gasteiger partial charge in [-0.1, -0.05) is 0 Å². The van der Waals surface area contributed by atoms with E-state index in [2.05, 4.69) is 6.07 Å². The maximum absolute atomic E-state index is 12.4. The van der Waals surface area contributed by atoms with Crippen molar-refractivity contribution >= 4 is 5.91 Å². The second-order valence-electron chi connectivity index (χ2n) is 5.38. The number of carbonyl (C=O) groups excluding carboxylic acids is 1. The standard InChI is InChI=1S/C17H22N2O3/c1-3-21-15-8-10-19(11-9-15)17(20)13(2)22-16-6-4-14(12-18)5-7-16/h4-7,13,15H,3,8-11H2,1-2H3/t13-/m1/s1. The second kappa shape index (κ2) is 7.81. The fourth-order valence-corrected chi connectivity index (χ4v) is 2.60. The number of amides is 1. The van der Waals surface area contributed by atoms with Crippen molar-refractivity contribution in [3.63, 3.8) is 0 Å². The molecule has 5 nitrogen and oxygen atoms in total. The molecule has 1 aromatic rings. The average Bonchev–Trinajstić information content (AvgIpc) is 2.56. The van der Waals surface area contributed by atoms with Crippen LogP contribution >= 0.6 is 0 Å². The summed E-state index contributed by atoms with van der Waals surface area (Å²) >= 11 is 0. The van der Waals surface area contributed by atoms with E-state index in [4.69, 9.17) is 14.7 Å². The lowest BCUT2D eigenvalue weighted by Gasteiger charge is -2.33. The lowest BCUT2D eigenvalue weighted by molar-refractivity contribution is -0.140. The first kappa shape index (κ1) is 16.3. The maximum Gasteiger partial charge on any atom is 0.263 e. The lowest BCUT2D eigenvalue weighted by Crippen LogP contribution is -2.46. The summed E-state index contributed by atoms with van der Waals surface area (Å²) in [5.74, 6) is 0.600. The molecule has 1 heterocycles. The van der Waals surface area contributed by atoms with Gasteiger partial charge in [0.2, 0.25) is 0 Å². The number of hydrogen-bond acceptors (Lipinski definition) is 4. The molecule has 1 aromatic carbocycles. The zero-order chi connectivity index (χ0) is 15.9. The van der Waals surface area contributed by atoms with Crippen molar-refractivity contribution in [2.75, 3.05) is 19.7 Å². The second-order valence-corrected chi connectivity index (χ2v) is 5.38. The molecule has 0 unspecified atom stereocenters. The van der Waals surface area contributed by atoms with Crippen LogP contribution in [0.4, 0.5) is 0 Å². The third-order valence-electron chi connectivity index (χ3n) is 3.80. The quantitative estimate of drug-likeness (QED) is 0.837. The molecule has 0 aliphatic carbocycles. The first-order valence-corrected chi connectivity index (χ1v) is 7.71. The molecule has 0 bridgehead atoms. The average molecular weight is 302 g/mol.